The minimum absolute atomic E-state index is 0.0124. The van der Waals surface area contributed by atoms with Gasteiger partial charge in [0.05, 0.1) is 35.8 Å². The molecular formula is C50H73N5O7S2. The number of hydrogen-bond donors (Lipinski definition) is 8. The van der Waals surface area contributed by atoms with Crippen LogP contribution in [-0.2, 0) is 22.6 Å². The number of phenolic OH excluding ortho intramolecular Hbond substituents is 1. The van der Waals surface area contributed by atoms with E-state index in [1.807, 2.05) is 33.7 Å². The van der Waals surface area contributed by atoms with E-state index in [0.717, 1.165) is 82.2 Å². The molecule has 1 aromatic rings. The molecule has 5 aliphatic heterocycles. The molecule has 5 heterocycles. The second kappa shape index (κ2) is 19.5. The molecule has 4 aliphatic carbocycles. The van der Waals surface area contributed by atoms with Gasteiger partial charge in [-0.1, -0.05) is 71.3 Å². The van der Waals surface area contributed by atoms with Crippen LogP contribution in [0.2, 0.25) is 0 Å². The Labute approximate surface area is 388 Å². The van der Waals surface area contributed by atoms with Crippen molar-refractivity contribution < 1.29 is 34.7 Å². The number of aliphatic hydroxyl groups excluding tert-OH is 3. The Morgan fingerprint density at radius 1 is 1.05 bits per heavy atom. The highest BCUT2D eigenvalue weighted by Crippen LogP contribution is 2.54. The van der Waals surface area contributed by atoms with Crippen LogP contribution in [0.3, 0.4) is 0 Å². The van der Waals surface area contributed by atoms with Gasteiger partial charge in [0.15, 0.2) is 17.5 Å². The molecule has 64 heavy (non-hydrogen) atoms. The summed E-state index contributed by atoms with van der Waals surface area (Å²) in [7, 11) is 4.01. The molecule has 4 fully saturated rings. The van der Waals surface area contributed by atoms with Crippen LogP contribution in [0.1, 0.15) is 140 Å². The number of nitrogens with one attached hydrogen (secondary N) is 3. The number of phenols is 1. The van der Waals surface area contributed by atoms with Crippen molar-refractivity contribution >= 4 is 33.5 Å². The Kier molecular flexibility index (Phi) is 14.2. The first-order chi connectivity index (χ1) is 30.9. The standard InChI is InChI=1S/C50H73N5O7S2/c1-32(57)61-41-26-36(58)13-21-49-20-12-33-7-5-19-50(27-37(14-22-53-50)62-42-25-34(23-39(33)41)35(29-56)24-40(42)59)44-11-10-38(28-52-44)64-63-31-48(18-6-17-47(30-48)15-2-3-16-47)55-46(51)54-43(49)8-4-9-45(49)60/h4,8,24-25,33,36-39,41,43-45,52-53,56,58-60H,2-3,5-7,9-11,13-19,21-23,26-31H2,1H3,(H3,51,54,55). The molecule has 352 valence electrons. The molecule has 2 saturated carbocycles. The molecular weight excluding hydrogens is 847 g/mol. The SMILES string of the molecule is CC(=O)OC1CC(O)CCC23C#CC4CCCC5(CC(CCN5)Oc5cc(c(CO)cc5O)CC41)C1CCC(CN1)SSCC1(CCCC4(CCCC4)C1)NC(N)=NC2C=CCC3O. The molecule has 2 saturated heterocycles. The van der Waals surface area contributed by atoms with Crippen molar-refractivity contribution in [2.75, 3.05) is 18.8 Å². The van der Waals surface area contributed by atoms with Crippen LogP contribution in [0.25, 0.3) is 0 Å². The van der Waals surface area contributed by atoms with Crippen LogP contribution >= 0.6 is 21.6 Å². The zero-order valence-electron chi connectivity index (χ0n) is 37.8. The number of nitrogens with zero attached hydrogens (tertiary/aromatic N) is 1. The van der Waals surface area contributed by atoms with E-state index in [1.54, 1.807) is 6.07 Å². The summed E-state index contributed by atoms with van der Waals surface area (Å²) >= 11 is 0. The summed E-state index contributed by atoms with van der Waals surface area (Å²) in [6.07, 6.45) is 19.0. The second-order valence-corrected chi connectivity index (χ2v) is 23.8. The van der Waals surface area contributed by atoms with Crippen molar-refractivity contribution in [3.63, 3.8) is 0 Å². The topological polar surface area (TPSA) is 191 Å². The van der Waals surface area contributed by atoms with Crippen LogP contribution in [-0.4, -0.2) is 104 Å². The van der Waals surface area contributed by atoms with E-state index in [-0.39, 0.29) is 47.9 Å². The minimum atomic E-state index is -1.03. The summed E-state index contributed by atoms with van der Waals surface area (Å²) < 4.78 is 13.0. The van der Waals surface area contributed by atoms with Gasteiger partial charge >= 0.3 is 5.97 Å². The molecule has 10 rings (SSSR count). The maximum Gasteiger partial charge on any atom is 0.302 e. The third-order valence-electron chi connectivity index (χ3n) is 16.9. The highest BCUT2D eigenvalue weighted by atomic mass is 33.1. The molecule has 12 unspecified atom stereocenters. The monoisotopic (exact) mass is 919 g/mol. The van der Waals surface area contributed by atoms with Crippen molar-refractivity contribution in [3.05, 3.63) is 35.4 Å². The third kappa shape index (κ3) is 9.84. The summed E-state index contributed by atoms with van der Waals surface area (Å²) in [5, 5.41) is 58.7. The number of carbonyl (C=O) groups is 1. The van der Waals surface area contributed by atoms with E-state index < -0.39 is 41.7 Å². The molecule has 9 aliphatic rings. The number of aliphatic hydroxyl groups is 3. The Balaban J connectivity index is 1.19. The van der Waals surface area contributed by atoms with Crippen molar-refractivity contribution in [2.24, 2.45) is 33.4 Å². The number of aromatic hydroxyl groups is 1. The predicted molar refractivity (Wildman–Crippen MR) is 254 cm³/mol. The number of guanidine groups is 1. The summed E-state index contributed by atoms with van der Waals surface area (Å²) in [6.45, 7) is 2.82. The van der Waals surface area contributed by atoms with Gasteiger partial charge in [-0.3, -0.25) is 4.79 Å². The smallest absolute Gasteiger partial charge is 0.302 e. The summed E-state index contributed by atoms with van der Waals surface area (Å²) in [5.41, 5.74) is 7.27. The molecule has 1 aromatic carbocycles. The Bertz CT molecular complexity index is 1960. The van der Waals surface area contributed by atoms with Gasteiger partial charge in [0.25, 0.3) is 0 Å². The van der Waals surface area contributed by atoms with Gasteiger partial charge in [-0.25, -0.2) is 4.99 Å². The number of carbonyl (C=O) groups excluding carboxylic acids is 1. The van der Waals surface area contributed by atoms with E-state index >= 15 is 0 Å². The highest BCUT2D eigenvalue weighted by molar-refractivity contribution is 8.77. The van der Waals surface area contributed by atoms with Crippen LogP contribution in [0.15, 0.2) is 29.3 Å². The largest absolute Gasteiger partial charge is 0.504 e. The molecule has 4 spiro atoms. The molecule has 12 nitrogen and oxygen atoms in total. The number of esters is 1. The number of aliphatic imine (C=N–C) groups is 1. The third-order valence-corrected chi connectivity index (χ3v) is 19.9. The van der Waals surface area contributed by atoms with Crippen molar-refractivity contribution in [3.8, 4) is 23.3 Å². The molecule has 0 radical (unpaired) electrons. The fraction of sp³-hybridized carbons (Fsp3) is 0.760. The normalized spacial score (nSPS) is 40.1. The van der Waals surface area contributed by atoms with E-state index in [9.17, 15) is 25.2 Å². The fourth-order valence-electron chi connectivity index (χ4n) is 13.6. The van der Waals surface area contributed by atoms with Gasteiger partial charge in [0.2, 0.25) is 0 Å². The number of ether oxygens (including phenoxy) is 2. The first kappa shape index (κ1) is 46.5. The number of piperidine rings is 2. The molecule has 0 aromatic heterocycles. The van der Waals surface area contributed by atoms with Crippen LogP contribution < -0.4 is 26.4 Å². The lowest BCUT2D eigenvalue weighted by Crippen LogP contribution is -2.66. The first-order valence-electron chi connectivity index (χ1n) is 24.6. The zero-order chi connectivity index (χ0) is 44.5. The summed E-state index contributed by atoms with van der Waals surface area (Å²) in [6, 6.07) is 3.12. The Morgan fingerprint density at radius 2 is 1.89 bits per heavy atom. The van der Waals surface area contributed by atoms with Gasteiger partial charge < -0.3 is 51.6 Å². The highest BCUT2D eigenvalue weighted by Gasteiger charge is 2.50. The summed E-state index contributed by atoms with van der Waals surface area (Å²) in [4.78, 5) is 18.2. The Hall–Kier alpha value is -2.64. The van der Waals surface area contributed by atoms with Crippen LogP contribution in [0.5, 0.6) is 11.5 Å². The number of hydrogen-bond acceptors (Lipinski definition) is 14. The van der Waals surface area contributed by atoms with Gasteiger partial charge in [-0.2, -0.15) is 0 Å². The maximum atomic E-state index is 12.9. The zero-order valence-corrected chi connectivity index (χ0v) is 39.5. The van der Waals surface area contributed by atoms with Gasteiger partial charge in [-0.05, 0) is 125 Å². The summed E-state index contributed by atoms with van der Waals surface area (Å²) in [5.74, 6) is 8.05. The second-order valence-electron chi connectivity index (χ2n) is 21.1. The number of benzene rings is 1. The average molecular weight is 920 g/mol. The van der Waals surface area contributed by atoms with E-state index in [2.05, 4.69) is 33.9 Å². The predicted octanol–water partition coefficient (Wildman–Crippen LogP) is 6.16. The molecule has 12 atom stereocenters. The molecule has 9 N–H and O–H groups in total. The maximum absolute atomic E-state index is 12.9. The van der Waals surface area contributed by atoms with Crippen molar-refractivity contribution in [1.29, 1.82) is 0 Å². The lowest BCUT2D eigenvalue weighted by Gasteiger charge is -2.50. The first-order valence-corrected chi connectivity index (χ1v) is 27.0. The molecule has 8 bridgehead atoms. The van der Waals surface area contributed by atoms with Gasteiger partial charge in [-0.15, -0.1) is 0 Å². The van der Waals surface area contributed by atoms with E-state index in [0.29, 0.717) is 60.0 Å². The average Bonchev–Trinajstić information content (AvgIpc) is 3.71. The molecule has 14 heteroatoms. The number of fused-ring (bicyclic) bond motifs is 8. The van der Waals surface area contributed by atoms with E-state index in [1.165, 1.54) is 39.0 Å². The number of rotatable bonds is 2. The lowest BCUT2D eigenvalue weighted by atomic mass is 9.65. The molecule has 0 amide bonds. The van der Waals surface area contributed by atoms with Crippen LogP contribution in [0.4, 0.5) is 0 Å². The fourth-order valence-corrected chi connectivity index (χ4v) is 16.8. The quantitative estimate of drug-likeness (QED) is 0.0730. The Morgan fingerprint density at radius 3 is 2.69 bits per heavy atom. The van der Waals surface area contributed by atoms with Gasteiger partial charge in [0, 0.05) is 60.7 Å². The van der Waals surface area contributed by atoms with Crippen molar-refractivity contribution in [1.82, 2.24) is 16.0 Å². The van der Waals surface area contributed by atoms with E-state index in [4.69, 9.17) is 20.2 Å². The van der Waals surface area contributed by atoms with Crippen molar-refractivity contribution in [2.45, 2.75) is 195 Å². The van der Waals surface area contributed by atoms with Gasteiger partial charge in [0.1, 0.15) is 12.2 Å². The minimum Gasteiger partial charge on any atom is -0.504 e. The number of nitrogens with two attached hydrogens (primary N) is 1. The van der Waals surface area contributed by atoms with Crippen LogP contribution in [0, 0.1) is 34.5 Å². The lowest BCUT2D eigenvalue weighted by molar-refractivity contribution is -0.152.